The molecular weight excluding hydrogens is 793 g/mol. The first-order valence-electron chi connectivity index (χ1n) is 24.7. The maximum Gasteiger partial charge on any atom is 0.306 e. The highest BCUT2D eigenvalue weighted by Crippen LogP contribution is 2.11. The first kappa shape index (κ1) is 59.0. The molecule has 0 fully saturated rings. The third-order valence-corrected chi connectivity index (χ3v) is 9.56. The zero-order chi connectivity index (χ0) is 46.5. The van der Waals surface area contributed by atoms with Crippen LogP contribution in [-0.4, -0.2) is 37.2 Å². The lowest BCUT2D eigenvalue weighted by molar-refractivity contribution is -0.167. The average molecular weight is 879 g/mol. The Hall–Kier alpha value is -4.97. The van der Waals surface area contributed by atoms with Gasteiger partial charge < -0.3 is 14.2 Å². The van der Waals surface area contributed by atoms with E-state index in [4.69, 9.17) is 14.2 Å². The van der Waals surface area contributed by atoms with Crippen LogP contribution in [0, 0.1) is 0 Å². The van der Waals surface area contributed by atoms with Crippen molar-refractivity contribution in [3.63, 3.8) is 0 Å². The molecule has 0 saturated heterocycles. The largest absolute Gasteiger partial charge is 0.462 e. The normalized spacial score (nSPS) is 13.5. The van der Waals surface area contributed by atoms with Crippen LogP contribution in [0.25, 0.3) is 0 Å². The maximum atomic E-state index is 12.8. The highest BCUT2D eigenvalue weighted by atomic mass is 16.6. The van der Waals surface area contributed by atoms with Crippen LogP contribution in [0.15, 0.2) is 158 Å². The molecule has 354 valence electrons. The second-order valence-electron chi connectivity index (χ2n) is 15.6. The predicted octanol–water partition coefficient (Wildman–Crippen LogP) is 16.2. The maximum absolute atomic E-state index is 12.8. The van der Waals surface area contributed by atoms with Crippen LogP contribution in [0.1, 0.15) is 168 Å². The molecule has 1 atom stereocenters. The molecule has 0 aliphatic carbocycles. The van der Waals surface area contributed by atoms with Gasteiger partial charge in [-0.15, -0.1) is 0 Å². The lowest BCUT2D eigenvalue weighted by atomic mass is 10.1. The number of ether oxygens (including phenoxy) is 3. The van der Waals surface area contributed by atoms with E-state index in [1.165, 1.54) is 32.1 Å². The summed E-state index contributed by atoms with van der Waals surface area (Å²) in [6.45, 7) is 6.18. The number of carbonyl (C=O) groups excluding carboxylic acids is 3. The lowest BCUT2D eigenvalue weighted by Crippen LogP contribution is -2.30. The van der Waals surface area contributed by atoms with Gasteiger partial charge in [-0.05, 0) is 77.0 Å². The molecule has 0 radical (unpaired) electrons. The SMILES string of the molecule is CC/C=C/C=C/C=C/C=C/C=C/CCCCCC(=O)OC(COC(=O)CCC/C=C/C=C/C=C/C=C/C=C/CC)COC(=O)CCCCCCC/C=C/C=C/C=C/CCCCCCC. The van der Waals surface area contributed by atoms with E-state index in [9.17, 15) is 14.4 Å². The molecule has 0 N–H and O–H groups in total. The summed E-state index contributed by atoms with van der Waals surface area (Å²) in [5, 5.41) is 0. The van der Waals surface area contributed by atoms with Crippen molar-refractivity contribution in [2.24, 2.45) is 0 Å². The Bertz CT molecular complexity index is 1520. The molecule has 1 unspecified atom stereocenters. The molecular formula is C58H86O6. The number of esters is 3. The molecule has 0 saturated carbocycles. The van der Waals surface area contributed by atoms with Gasteiger partial charge in [-0.3, -0.25) is 14.4 Å². The van der Waals surface area contributed by atoms with Crippen LogP contribution >= 0.6 is 0 Å². The van der Waals surface area contributed by atoms with Gasteiger partial charge in [0.15, 0.2) is 6.10 Å². The number of allylic oxidation sites excluding steroid dienone is 26. The van der Waals surface area contributed by atoms with E-state index in [1.807, 2.05) is 103 Å². The molecule has 0 heterocycles. The van der Waals surface area contributed by atoms with Crippen LogP contribution in [0.4, 0.5) is 0 Å². The molecule has 0 aromatic heterocycles. The smallest absolute Gasteiger partial charge is 0.306 e. The van der Waals surface area contributed by atoms with Crippen molar-refractivity contribution in [1.29, 1.82) is 0 Å². The minimum atomic E-state index is -0.845. The number of carbonyl (C=O) groups is 3. The summed E-state index contributed by atoms with van der Waals surface area (Å²) in [6.07, 6.45) is 73.7. The Labute approximate surface area is 390 Å². The second-order valence-corrected chi connectivity index (χ2v) is 15.6. The van der Waals surface area contributed by atoms with E-state index in [2.05, 4.69) is 75.5 Å². The zero-order valence-electron chi connectivity index (χ0n) is 40.2. The molecule has 0 aliphatic heterocycles. The molecule has 0 aliphatic rings. The minimum absolute atomic E-state index is 0.137. The van der Waals surface area contributed by atoms with Gasteiger partial charge in [0.2, 0.25) is 0 Å². The van der Waals surface area contributed by atoms with Gasteiger partial charge in [-0.1, -0.05) is 230 Å². The van der Waals surface area contributed by atoms with Crippen molar-refractivity contribution in [3.8, 4) is 0 Å². The van der Waals surface area contributed by atoms with E-state index in [1.54, 1.807) is 0 Å². The van der Waals surface area contributed by atoms with Crippen molar-refractivity contribution in [2.45, 2.75) is 175 Å². The summed E-state index contributed by atoms with van der Waals surface area (Å²) >= 11 is 0. The van der Waals surface area contributed by atoms with E-state index >= 15 is 0 Å². The van der Waals surface area contributed by atoms with Gasteiger partial charge in [0.05, 0.1) is 0 Å². The summed E-state index contributed by atoms with van der Waals surface area (Å²) in [4.78, 5) is 37.9. The van der Waals surface area contributed by atoms with Crippen LogP contribution in [-0.2, 0) is 28.6 Å². The Kier molecular flexibility index (Phi) is 46.7. The molecule has 0 bridgehead atoms. The zero-order valence-corrected chi connectivity index (χ0v) is 40.2. The van der Waals surface area contributed by atoms with Crippen LogP contribution in [0.5, 0.6) is 0 Å². The van der Waals surface area contributed by atoms with E-state index in [0.29, 0.717) is 19.3 Å². The van der Waals surface area contributed by atoms with Crippen molar-refractivity contribution in [1.82, 2.24) is 0 Å². The predicted molar refractivity (Wildman–Crippen MR) is 274 cm³/mol. The highest BCUT2D eigenvalue weighted by Gasteiger charge is 2.19. The first-order valence-corrected chi connectivity index (χ1v) is 24.7. The molecule has 0 aromatic rings. The third-order valence-electron chi connectivity index (χ3n) is 9.56. The molecule has 0 aromatic carbocycles. The highest BCUT2D eigenvalue weighted by molar-refractivity contribution is 5.71. The number of hydrogen-bond donors (Lipinski definition) is 0. The monoisotopic (exact) mass is 879 g/mol. The molecule has 6 nitrogen and oxygen atoms in total. The molecule has 0 spiro atoms. The van der Waals surface area contributed by atoms with Gasteiger partial charge in [-0.25, -0.2) is 0 Å². The Balaban J connectivity index is 4.63. The van der Waals surface area contributed by atoms with Crippen LogP contribution < -0.4 is 0 Å². The Morgan fingerprint density at radius 3 is 1.03 bits per heavy atom. The van der Waals surface area contributed by atoms with Crippen LogP contribution in [0.2, 0.25) is 0 Å². The first-order chi connectivity index (χ1) is 31.5. The van der Waals surface area contributed by atoms with Crippen molar-refractivity contribution in [2.75, 3.05) is 13.2 Å². The fourth-order valence-corrected chi connectivity index (χ4v) is 5.90. The average Bonchev–Trinajstić information content (AvgIpc) is 3.29. The van der Waals surface area contributed by atoms with Gasteiger partial charge in [-0.2, -0.15) is 0 Å². The van der Waals surface area contributed by atoms with Crippen molar-refractivity contribution >= 4 is 17.9 Å². The lowest BCUT2D eigenvalue weighted by Gasteiger charge is -2.18. The second kappa shape index (κ2) is 50.7. The Morgan fingerprint density at radius 2 is 0.625 bits per heavy atom. The van der Waals surface area contributed by atoms with E-state index in [-0.39, 0.29) is 44.0 Å². The standard InChI is InChI=1S/C58H86O6/c1-4-7-10-13-16-19-22-25-27-28-29-31-33-36-39-42-45-48-51-57(60)63-54-55(53-62-56(59)50-47-44-41-38-35-32-24-21-18-15-12-9-6-3)64-58(61)52-49-46-43-40-37-34-30-26-23-20-17-14-11-8-5-2/h8-9,11-12,14-15,17-18,20-32,34-35,37-38,41,55H,4-7,10,13,16,19,33,36,39-40,42-54H2,1-3H3/b11-8+,12-9+,17-14+,18-15+,23-20+,24-21+,25-22+,28-27+,30-26+,31-29+,35-32+,37-34+,41-38+. The molecule has 64 heavy (non-hydrogen) atoms. The number of hydrogen-bond acceptors (Lipinski definition) is 6. The summed E-state index contributed by atoms with van der Waals surface area (Å²) in [5.41, 5.74) is 0. The van der Waals surface area contributed by atoms with Crippen LogP contribution in [0.3, 0.4) is 0 Å². The fraction of sp³-hybridized carbons (Fsp3) is 0.500. The van der Waals surface area contributed by atoms with Crippen molar-refractivity contribution < 1.29 is 28.6 Å². The molecule has 6 heteroatoms. The van der Waals surface area contributed by atoms with Gasteiger partial charge in [0.1, 0.15) is 13.2 Å². The fourth-order valence-electron chi connectivity index (χ4n) is 5.90. The minimum Gasteiger partial charge on any atom is -0.462 e. The number of unbranched alkanes of at least 4 members (excludes halogenated alkanes) is 14. The van der Waals surface area contributed by atoms with E-state index < -0.39 is 6.10 Å². The summed E-state index contributed by atoms with van der Waals surface area (Å²) < 4.78 is 16.6. The number of rotatable bonds is 41. The van der Waals surface area contributed by atoms with Gasteiger partial charge >= 0.3 is 17.9 Å². The third kappa shape index (κ3) is 48.1. The van der Waals surface area contributed by atoms with Gasteiger partial charge in [0, 0.05) is 19.3 Å². The molecule has 0 rings (SSSR count). The topological polar surface area (TPSA) is 78.9 Å². The summed E-state index contributed by atoms with van der Waals surface area (Å²) in [5.74, 6) is -1.09. The van der Waals surface area contributed by atoms with Gasteiger partial charge in [0.25, 0.3) is 0 Å². The quantitative estimate of drug-likeness (QED) is 0.0263. The summed E-state index contributed by atoms with van der Waals surface area (Å²) in [7, 11) is 0. The summed E-state index contributed by atoms with van der Waals surface area (Å²) in [6, 6.07) is 0. The molecule has 0 amide bonds. The Morgan fingerprint density at radius 1 is 0.328 bits per heavy atom. The van der Waals surface area contributed by atoms with Crippen molar-refractivity contribution in [3.05, 3.63) is 158 Å². The van der Waals surface area contributed by atoms with E-state index in [0.717, 1.165) is 83.5 Å².